The van der Waals surface area contributed by atoms with Crippen molar-refractivity contribution in [2.75, 3.05) is 11.1 Å². The van der Waals surface area contributed by atoms with E-state index >= 15 is 0 Å². The fourth-order valence-corrected chi connectivity index (χ4v) is 3.48. The summed E-state index contributed by atoms with van der Waals surface area (Å²) in [5.74, 6) is -1.34. The molecule has 0 unspecified atom stereocenters. The van der Waals surface area contributed by atoms with E-state index in [0.29, 0.717) is 17.3 Å². The van der Waals surface area contributed by atoms with Gasteiger partial charge in [0.05, 0.1) is 22.7 Å². The van der Waals surface area contributed by atoms with Crippen molar-refractivity contribution in [1.82, 2.24) is 9.97 Å². The molecule has 0 bridgehead atoms. The van der Waals surface area contributed by atoms with E-state index in [1.807, 2.05) is 0 Å². The minimum atomic E-state index is -4.75. The van der Waals surface area contributed by atoms with Gasteiger partial charge in [0, 0.05) is 10.0 Å². The molecule has 0 fully saturated rings. The number of hydrogen-bond acceptors (Lipinski definition) is 4. The standard InChI is InChI=1S/C20H12BrF6N3OS/c21-12-7-5-11(6-8-12)15-9-16(20(25,26)27)30-18(29-15)32-10-17(31)28-14-4-2-1-3-13(14)19(22,23)24/h1-9H,10H2,(H,28,31). The number of alkyl halides is 6. The van der Waals surface area contributed by atoms with Gasteiger partial charge in [-0.3, -0.25) is 4.79 Å². The number of benzene rings is 2. The second kappa shape index (κ2) is 9.49. The number of amides is 1. The van der Waals surface area contributed by atoms with E-state index in [2.05, 4.69) is 31.2 Å². The van der Waals surface area contributed by atoms with E-state index in [0.717, 1.165) is 22.7 Å². The minimum absolute atomic E-state index is 0.00912. The van der Waals surface area contributed by atoms with E-state index in [1.165, 1.54) is 12.1 Å². The van der Waals surface area contributed by atoms with Crippen LogP contribution in [0.3, 0.4) is 0 Å². The molecule has 32 heavy (non-hydrogen) atoms. The highest BCUT2D eigenvalue weighted by atomic mass is 79.9. The van der Waals surface area contributed by atoms with Gasteiger partial charge in [-0.15, -0.1) is 0 Å². The Bertz CT molecular complexity index is 1120. The first kappa shape index (κ1) is 24.1. The van der Waals surface area contributed by atoms with Crippen molar-refractivity contribution in [3.05, 3.63) is 70.3 Å². The van der Waals surface area contributed by atoms with Crippen LogP contribution >= 0.6 is 27.7 Å². The summed E-state index contributed by atoms with van der Waals surface area (Å²) in [6.45, 7) is 0. The summed E-state index contributed by atoms with van der Waals surface area (Å²) in [5.41, 5.74) is -2.30. The van der Waals surface area contributed by atoms with Crippen molar-refractivity contribution >= 4 is 39.3 Å². The summed E-state index contributed by atoms with van der Waals surface area (Å²) in [7, 11) is 0. The molecule has 1 heterocycles. The van der Waals surface area contributed by atoms with Crippen LogP contribution in [-0.2, 0) is 17.1 Å². The zero-order chi connectivity index (χ0) is 23.5. The summed E-state index contributed by atoms with van der Waals surface area (Å²) in [4.78, 5) is 19.7. The molecule has 1 N–H and O–H groups in total. The van der Waals surface area contributed by atoms with Gasteiger partial charge in [-0.05, 0) is 30.3 Å². The van der Waals surface area contributed by atoms with Crippen LogP contribution in [0.15, 0.2) is 64.2 Å². The Labute approximate surface area is 190 Å². The van der Waals surface area contributed by atoms with Crippen molar-refractivity contribution < 1.29 is 31.1 Å². The van der Waals surface area contributed by atoms with Crippen LogP contribution in [0.25, 0.3) is 11.3 Å². The SMILES string of the molecule is O=C(CSc1nc(-c2ccc(Br)cc2)cc(C(F)(F)F)n1)Nc1ccccc1C(F)(F)F. The number of rotatable bonds is 5. The smallest absolute Gasteiger partial charge is 0.325 e. The van der Waals surface area contributed by atoms with Gasteiger partial charge in [-0.2, -0.15) is 26.3 Å². The number of aromatic nitrogens is 2. The Morgan fingerprint density at radius 1 is 0.938 bits per heavy atom. The van der Waals surface area contributed by atoms with Gasteiger partial charge in [0.2, 0.25) is 5.91 Å². The lowest BCUT2D eigenvalue weighted by Gasteiger charge is -2.13. The molecule has 1 amide bonds. The third kappa shape index (κ3) is 6.22. The summed E-state index contributed by atoms with van der Waals surface area (Å²) < 4.78 is 79.7. The zero-order valence-electron chi connectivity index (χ0n) is 15.8. The molecule has 0 atom stereocenters. The van der Waals surface area contributed by atoms with Gasteiger partial charge in [-0.1, -0.05) is 52.0 Å². The van der Waals surface area contributed by atoms with Crippen molar-refractivity contribution in [3.8, 4) is 11.3 Å². The maximum atomic E-state index is 13.3. The molecule has 0 aliphatic heterocycles. The third-order valence-electron chi connectivity index (χ3n) is 3.97. The minimum Gasteiger partial charge on any atom is -0.325 e. The summed E-state index contributed by atoms with van der Waals surface area (Å²) in [5, 5.41) is 1.79. The van der Waals surface area contributed by atoms with Crippen LogP contribution in [0.2, 0.25) is 0 Å². The van der Waals surface area contributed by atoms with E-state index in [4.69, 9.17) is 0 Å². The normalized spacial score (nSPS) is 12.0. The van der Waals surface area contributed by atoms with Crippen molar-refractivity contribution in [3.63, 3.8) is 0 Å². The molecule has 0 aliphatic rings. The average molecular weight is 536 g/mol. The topological polar surface area (TPSA) is 54.9 Å². The first-order chi connectivity index (χ1) is 14.9. The second-order valence-electron chi connectivity index (χ2n) is 6.31. The second-order valence-corrected chi connectivity index (χ2v) is 8.16. The van der Waals surface area contributed by atoms with Crippen molar-refractivity contribution in [1.29, 1.82) is 0 Å². The van der Waals surface area contributed by atoms with Gasteiger partial charge in [0.1, 0.15) is 5.69 Å². The molecule has 1 aromatic heterocycles. The first-order valence-corrected chi connectivity index (χ1v) is 10.5. The summed E-state index contributed by atoms with van der Waals surface area (Å²) in [6, 6.07) is 11.5. The highest BCUT2D eigenvalue weighted by molar-refractivity contribution is 9.10. The predicted octanol–water partition coefficient (Wildman–Crippen LogP) is 6.67. The lowest BCUT2D eigenvalue weighted by molar-refractivity contribution is -0.141. The number of para-hydroxylation sites is 1. The van der Waals surface area contributed by atoms with E-state index in [1.54, 1.807) is 24.3 Å². The third-order valence-corrected chi connectivity index (χ3v) is 5.35. The van der Waals surface area contributed by atoms with Gasteiger partial charge in [0.25, 0.3) is 0 Å². The fourth-order valence-electron chi connectivity index (χ4n) is 2.56. The number of nitrogens with one attached hydrogen (secondary N) is 1. The van der Waals surface area contributed by atoms with Crippen LogP contribution < -0.4 is 5.32 Å². The molecule has 3 rings (SSSR count). The Morgan fingerprint density at radius 2 is 1.59 bits per heavy atom. The molecule has 0 aliphatic carbocycles. The number of carbonyl (C=O) groups excluding carboxylic acids is 1. The lowest BCUT2D eigenvalue weighted by atomic mass is 10.1. The molecule has 2 aromatic carbocycles. The maximum absolute atomic E-state index is 13.3. The summed E-state index contributed by atoms with van der Waals surface area (Å²) >= 11 is 3.81. The molecular weight excluding hydrogens is 524 g/mol. The number of carbonyl (C=O) groups is 1. The molecule has 0 saturated heterocycles. The molecule has 0 saturated carbocycles. The van der Waals surface area contributed by atoms with Crippen LogP contribution in [0.1, 0.15) is 11.3 Å². The maximum Gasteiger partial charge on any atom is 0.433 e. The Balaban J connectivity index is 1.81. The highest BCUT2D eigenvalue weighted by Crippen LogP contribution is 2.35. The van der Waals surface area contributed by atoms with Crippen molar-refractivity contribution in [2.45, 2.75) is 17.5 Å². The number of hydrogen-bond donors (Lipinski definition) is 1. The number of thioether (sulfide) groups is 1. The van der Waals surface area contributed by atoms with E-state index in [9.17, 15) is 31.1 Å². The highest BCUT2D eigenvalue weighted by Gasteiger charge is 2.35. The molecule has 0 spiro atoms. The molecule has 0 radical (unpaired) electrons. The first-order valence-electron chi connectivity index (χ1n) is 8.74. The fraction of sp³-hybridized carbons (Fsp3) is 0.150. The number of nitrogens with zero attached hydrogens (tertiary/aromatic N) is 2. The Kier molecular flexibility index (Phi) is 7.13. The van der Waals surface area contributed by atoms with Gasteiger partial charge >= 0.3 is 12.4 Å². The van der Waals surface area contributed by atoms with E-state index in [-0.39, 0.29) is 10.9 Å². The van der Waals surface area contributed by atoms with Gasteiger partial charge in [-0.25, -0.2) is 9.97 Å². The number of anilines is 1. The van der Waals surface area contributed by atoms with Crippen molar-refractivity contribution in [2.24, 2.45) is 0 Å². The molecular formula is C20H12BrF6N3OS. The van der Waals surface area contributed by atoms with E-state index < -0.39 is 41.0 Å². The quantitative estimate of drug-likeness (QED) is 0.225. The molecule has 3 aromatic rings. The Morgan fingerprint density at radius 3 is 2.22 bits per heavy atom. The largest absolute Gasteiger partial charge is 0.433 e. The molecule has 12 heteroatoms. The zero-order valence-corrected chi connectivity index (χ0v) is 18.2. The van der Waals surface area contributed by atoms with Gasteiger partial charge < -0.3 is 5.32 Å². The average Bonchev–Trinajstić information content (AvgIpc) is 2.71. The molecule has 168 valence electrons. The van der Waals surface area contributed by atoms with Crippen LogP contribution in [-0.4, -0.2) is 21.6 Å². The summed E-state index contributed by atoms with van der Waals surface area (Å²) in [6.07, 6.45) is -9.43. The predicted molar refractivity (Wildman–Crippen MR) is 111 cm³/mol. The van der Waals surface area contributed by atoms with Crippen LogP contribution in [0.5, 0.6) is 0 Å². The molecule has 4 nitrogen and oxygen atoms in total. The Hall–Kier alpha value is -2.60. The van der Waals surface area contributed by atoms with Crippen LogP contribution in [0.4, 0.5) is 32.0 Å². The van der Waals surface area contributed by atoms with Crippen LogP contribution in [0, 0.1) is 0 Å². The lowest BCUT2D eigenvalue weighted by Crippen LogP contribution is -2.18. The van der Waals surface area contributed by atoms with Gasteiger partial charge in [0.15, 0.2) is 5.16 Å². The monoisotopic (exact) mass is 535 g/mol. The number of halogens is 7.